The van der Waals surface area contributed by atoms with Crippen LogP contribution in [0.1, 0.15) is 37.7 Å². The fourth-order valence-corrected chi connectivity index (χ4v) is 4.51. The number of fused-ring (bicyclic) bond motifs is 1. The lowest BCUT2D eigenvalue weighted by molar-refractivity contribution is -0.138. The predicted molar refractivity (Wildman–Crippen MR) is 101 cm³/mol. The van der Waals surface area contributed by atoms with E-state index in [-0.39, 0.29) is 5.92 Å². The lowest BCUT2D eigenvalue weighted by Gasteiger charge is -2.35. The van der Waals surface area contributed by atoms with Crippen molar-refractivity contribution in [3.05, 3.63) is 22.7 Å². The molecule has 4 rings (SSSR count). The standard InChI is InChI=1S/C20H27ClN2O3/c21-17-12-15(13-18-19(17)26-11-10-25-18)14-22-8-4-16(5-9-22)20(24)23-6-2-1-3-7-23/h12-13,16H,1-11,14H2. The Morgan fingerprint density at radius 2 is 1.77 bits per heavy atom. The molecule has 1 aromatic rings. The molecule has 0 atom stereocenters. The molecule has 0 aliphatic carbocycles. The summed E-state index contributed by atoms with van der Waals surface area (Å²) in [7, 11) is 0. The second-order valence-corrected chi connectivity index (χ2v) is 7.95. The summed E-state index contributed by atoms with van der Waals surface area (Å²) in [4.78, 5) is 17.2. The van der Waals surface area contributed by atoms with Gasteiger partial charge in [-0.3, -0.25) is 9.69 Å². The molecule has 2 fully saturated rings. The molecule has 0 unspecified atom stereocenters. The summed E-state index contributed by atoms with van der Waals surface area (Å²) < 4.78 is 11.3. The number of ether oxygens (including phenoxy) is 2. The number of piperidine rings is 2. The van der Waals surface area contributed by atoms with E-state index in [1.807, 2.05) is 12.1 Å². The van der Waals surface area contributed by atoms with E-state index in [4.69, 9.17) is 21.1 Å². The van der Waals surface area contributed by atoms with Gasteiger partial charge in [0.2, 0.25) is 5.91 Å². The summed E-state index contributed by atoms with van der Waals surface area (Å²) in [6, 6.07) is 4.01. The van der Waals surface area contributed by atoms with E-state index >= 15 is 0 Å². The maximum atomic E-state index is 12.7. The van der Waals surface area contributed by atoms with Crippen LogP contribution in [-0.4, -0.2) is 55.1 Å². The smallest absolute Gasteiger partial charge is 0.225 e. The summed E-state index contributed by atoms with van der Waals surface area (Å²) in [6.07, 6.45) is 5.49. The molecule has 3 aliphatic rings. The zero-order valence-electron chi connectivity index (χ0n) is 15.2. The van der Waals surface area contributed by atoms with Crippen molar-refractivity contribution < 1.29 is 14.3 Å². The van der Waals surface area contributed by atoms with Gasteiger partial charge in [-0.1, -0.05) is 11.6 Å². The van der Waals surface area contributed by atoms with E-state index in [0.29, 0.717) is 29.9 Å². The van der Waals surface area contributed by atoms with Crippen LogP contribution >= 0.6 is 11.6 Å². The first-order valence-corrected chi connectivity index (χ1v) is 10.2. The van der Waals surface area contributed by atoms with Gasteiger partial charge >= 0.3 is 0 Å². The Labute approximate surface area is 160 Å². The Kier molecular flexibility index (Phi) is 5.55. The van der Waals surface area contributed by atoms with Crippen LogP contribution in [0.5, 0.6) is 11.5 Å². The number of amides is 1. The van der Waals surface area contributed by atoms with E-state index < -0.39 is 0 Å². The van der Waals surface area contributed by atoms with Gasteiger partial charge in [-0.2, -0.15) is 0 Å². The first-order chi connectivity index (χ1) is 12.7. The van der Waals surface area contributed by atoms with Crippen LogP contribution in [0.25, 0.3) is 0 Å². The summed E-state index contributed by atoms with van der Waals surface area (Å²) in [5, 5.41) is 0.618. The van der Waals surface area contributed by atoms with Crippen LogP contribution in [0, 0.1) is 5.92 Å². The molecule has 0 spiro atoms. The maximum Gasteiger partial charge on any atom is 0.225 e. The number of hydrogen-bond donors (Lipinski definition) is 0. The van der Waals surface area contributed by atoms with Crippen LogP contribution < -0.4 is 9.47 Å². The zero-order chi connectivity index (χ0) is 17.9. The number of hydrogen-bond acceptors (Lipinski definition) is 4. The van der Waals surface area contributed by atoms with Crippen LogP contribution in [0.15, 0.2) is 12.1 Å². The third-order valence-corrected chi connectivity index (χ3v) is 5.95. The largest absolute Gasteiger partial charge is 0.486 e. The first-order valence-electron chi connectivity index (χ1n) is 9.80. The minimum absolute atomic E-state index is 0.202. The molecule has 1 amide bonds. The molecule has 3 heterocycles. The lowest BCUT2D eigenvalue weighted by atomic mass is 9.94. The van der Waals surface area contributed by atoms with E-state index in [1.165, 1.54) is 6.42 Å². The van der Waals surface area contributed by atoms with Gasteiger partial charge in [-0.05, 0) is 62.9 Å². The topological polar surface area (TPSA) is 42.0 Å². The molecule has 1 aromatic carbocycles. The maximum absolute atomic E-state index is 12.7. The quantitative estimate of drug-likeness (QED) is 0.809. The number of rotatable bonds is 3. The van der Waals surface area contributed by atoms with Crippen molar-refractivity contribution in [1.82, 2.24) is 9.80 Å². The second-order valence-electron chi connectivity index (χ2n) is 7.54. The molecule has 6 heteroatoms. The van der Waals surface area contributed by atoms with Gasteiger partial charge in [0.1, 0.15) is 13.2 Å². The van der Waals surface area contributed by atoms with Gasteiger partial charge in [-0.15, -0.1) is 0 Å². The SMILES string of the molecule is O=C(C1CCN(Cc2cc(Cl)c3c(c2)OCCO3)CC1)N1CCCCC1. The van der Waals surface area contributed by atoms with E-state index in [1.54, 1.807) is 0 Å². The Hall–Kier alpha value is -1.46. The minimum Gasteiger partial charge on any atom is -0.486 e. The average Bonchev–Trinajstić information content (AvgIpc) is 2.69. The predicted octanol–water partition coefficient (Wildman–Crippen LogP) is 3.34. The molecule has 3 aliphatic heterocycles. The molecule has 0 bridgehead atoms. The fraction of sp³-hybridized carbons (Fsp3) is 0.650. The molecule has 26 heavy (non-hydrogen) atoms. The van der Waals surface area contributed by atoms with Crippen LogP contribution in [0.4, 0.5) is 0 Å². The normalized spacial score (nSPS) is 21.7. The molecule has 0 saturated carbocycles. The van der Waals surface area contributed by atoms with Crippen molar-refractivity contribution in [3.8, 4) is 11.5 Å². The highest BCUT2D eigenvalue weighted by Gasteiger charge is 2.29. The molecular weight excluding hydrogens is 352 g/mol. The molecule has 5 nitrogen and oxygen atoms in total. The fourth-order valence-electron chi connectivity index (χ4n) is 4.22. The summed E-state index contributed by atoms with van der Waals surface area (Å²) in [5.74, 6) is 1.99. The van der Waals surface area contributed by atoms with Crippen LogP contribution in [-0.2, 0) is 11.3 Å². The lowest BCUT2D eigenvalue weighted by Crippen LogP contribution is -2.44. The molecule has 142 valence electrons. The van der Waals surface area contributed by atoms with Crippen LogP contribution in [0.2, 0.25) is 5.02 Å². The van der Waals surface area contributed by atoms with Crippen molar-refractivity contribution in [2.24, 2.45) is 5.92 Å². The van der Waals surface area contributed by atoms with Gasteiger partial charge < -0.3 is 14.4 Å². The van der Waals surface area contributed by atoms with Crippen LogP contribution in [0.3, 0.4) is 0 Å². The molecule has 0 N–H and O–H groups in total. The third-order valence-electron chi connectivity index (χ3n) is 5.67. The number of nitrogens with zero attached hydrogens (tertiary/aromatic N) is 2. The van der Waals surface area contributed by atoms with E-state index in [0.717, 1.165) is 69.7 Å². The van der Waals surface area contributed by atoms with Gasteiger partial charge in [-0.25, -0.2) is 0 Å². The highest BCUT2D eigenvalue weighted by molar-refractivity contribution is 6.32. The van der Waals surface area contributed by atoms with Gasteiger partial charge in [0.25, 0.3) is 0 Å². The van der Waals surface area contributed by atoms with E-state index in [9.17, 15) is 4.79 Å². The van der Waals surface area contributed by atoms with Gasteiger partial charge in [0.05, 0.1) is 5.02 Å². The van der Waals surface area contributed by atoms with Crippen molar-refractivity contribution >= 4 is 17.5 Å². The van der Waals surface area contributed by atoms with Crippen molar-refractivity contribution in [3.63, 3.8) is 0 Å². The number of likely N-dealkylation sites (tertiary alicyclic amines) is 2. The second kappa shape index (κ2) is 8.05. The van der Waals surface area contributed by atoms with Crippen molar-refractivity contribution in [2.45, 2.75) is 38.6 Å². The highest BCUT2D eigenvalue weighted by Crippen LogP contribution is 2.38. The van der Waals surface area contributed by atoms with Crippen molar-refractivity contribution in [2.75, 3.05) is 39.4 Å². The summed E-state index contributed by atoms with van der Waals surface area (Å²) in [6.45, 7) is 5.76. The Morgan fingerprint density at radius 1 is 1.04 bits per heavy atom. The summed E-state index contributed by atoms with van der Waals surface area (Å²) >= 11 is 6.34. The average molecular weight is 379 g/mol. The highest BCUT2D eigenvalue weighted by atomic mass is 35.5. The number of carbonyl (C=O) groups is 1. The zero-order valence-corrected chi connectivity index (χ0v) is 16.0. The number of halogens is 1. The van der Waals surface area contributed by atoms with Crippen molar-refractivity contribution in [1.29, 1.82) is 0 Å². The monoisotopic (exact) mass is 378 g/mol. The third kappa shape index (κ3) is 3.94. The Morgan fingerprint density at radius 3 is 2.54 bits per heavy atom. The van der Waals surface area contributed by atoms with Gasteiger partial charge in [0.15, 0.2) is 11.5 Å². The molecule has 2 saturated heterocycles. The molecule has 0 radical (unpaired) electrons. The van der Waals surface area contributed by atoms with Gasteiger partial charge in [0, 0.05) is 25.6 Å². The first kappa shape index (κ1) is 17.9. The number of benzene rings is 1. The molecule has 0 aromatic heterocycles. The summed E-state index contributed by atoms with van der Waals surface area (Å²) in [5.41, 5.74) is 1.14. The Bertz CT molecular complexity index is 653. The minimum atomic E-state index is 0.202. The Balaban J connectivity index is 1.32. The molecular formula is C20H27ClN2O3. The van der Waals surface area contributed by atoms with E-state index in [2.05, 4.69) is 9.80 Å². The number of carbonyl (C=O) groups excluding carboxylic acids is 1.